The molecule has 1 saturated heterocycles. The second kappa shape index (κ2) is 8.13. The summed E-state index contributed by atoms with van der Waals surface area (Å²) in [7, 11) is 0. The zero-order chi connectivity index (χ0) is 21.4. The molecule has 5 nitrogen and oxygen atoms in total. The van der Waals surface area contributed by atoms with Gasteiger partial charge in [0.15, 0.2) is 0 Å². The van der Waals surface area contributed by atoms with Gasteiger partial charge in [0.1, 0.15) is 17.5 Å². The normalized spacial score (nSPS) is 18.8. The van der Waals surface area contributed by atoms with Crippen molar-refractivity contribution in [3.05, 3.63) is 77.6 Å². The van der Waals surface area contributed by atoms with Crippen molar-refractivity contribution >= 4 is 5.91 Å². The van der Waals surface area contributed by atoms with E-state index in [4.69, 9.17) is 4.98 Å². The van der Waals surface area contributed by atoms with E-state index in [9.17, 15) is 13.6 Å². The number of halogens is 2. The van der Waals surface area contributed by atoms with Gasteiger partial charge in [0.25, 0.3) is 5.91 Å². The summed E-state index contributed by atoms with van der Waals surface area (Å²) >= 11 is 0. The van der Waals surface area contributed by atoms with E-state index in [-0.39, 0.29) is 11.5 Å². The van der Waals surface area contributed by atoms with Crippen LogP contribution in [0.2, 0.25) is 0 Å². The van der Waals surface area contributed by atoms with Gasteiger partial charge in [0.05, 0.1) is 11.3 Å². The van der Waals surface area contributed by atoms with Crippen LogP contribution in [0.25, 0.3) is 11.1 Å². The number of piperidine rings is 1. The highest BCUT2D eigenvalue weighted by atomic mass is 19.1. The molecule has 31 heavy (non-hydrogen) atoms. The Morgan fingerprint density at radius 2 is 1.84 bits per heavy atom. The molecule has 0 spiro atoms. The maximum Gasteiger partial charge on any atom is 0.256 e. The highest BCUT2D eigenvalue weighted by molar-refractivity contribution is 5.94. The Morgan fingerprint density at radius 3 is 2.58 bits per heavy atom. The number of hydrogen-bond acceptors (Lipinski definition) is 4. The van der Waals surface area contributed by atoms with Crippen molar-refractivity contribution < 1.29 is 13.6 Å². The summed E-state index contributed by atoms with van der Waals surface area (Å²) in [4.78, 5) is 28.3. The van der Waals surface area contributed by atoms with Crippen molar-refractivity contribution in [3.8, 4) is 11.1 Å². The van der Waals surface area contributed by atoms with E-state index >= 15 is 0 Å². The minimum absolute atomic E-state index is 0.0184. The summed E-state index contributed by atoms with van der Waals surface area (Å²) in [5.41, 5.74) is 2.76. The first kappa shape index (κ1) is 19.7. The van der Waals surface area contributed by atoms with Crippen LogP contribution in [0, 0.1) is 11.6 Å². The molecule has 0 radical (unpaired) electrons. The number of amides is 1. The van der Waals surface area contributed by atoms with Crippen molar-refractivity contribution in [2.45, 2.75) is 37.5 Å². The summed E-state index contributed by atoms with van der Waals surface area (Å²) in [5.74, 6) is -0.640. The van der Waals surface area contributed by atoms with E-state index < -0.39 is 17.5 Å². The third-order valence-electron chi connectivity index (χ3n) is 6.03. The molecule has 158 valence electrons. The first-order chi connectivity index (χ1) is 15.1. The van der Waals surface area contributed by atoms with Crippen molar-refractivity contribution in [1.29, 1.82) is 0 Å². The number of hydrogen-bond donors (Lipinski definition) is 0. The third kappa shape index (κ3) is 4.04. The average molecular weight is 420 g/mol. The SMILES string of the molecule is O=C(c1ccc(F)cc1F)N1CCCC(c2nc(C3CC3)ncc2-c2ccncc2)C1. The van der Waals surface area contributed by atoms with Gasteiger partial charge in [0.2, 0.25) is 0 Å². The smallest absolute Gasteiger partial charge is 0.256 e. The van der Waals surface area contributed by atoms with Gasteiger partial charge < -0.3 is 4.90 Å². The quantitative estimate of drug-likeness (QED) is 0.613. The van der Waals surface area contributed by atoms with Crippen LogP contribution in [0.1, 0.15) is 59.4 Å². The molecule has 1 atom stereocenters. The number of rotatable bonds is 4. The standard InChI is InChI=1S/C24H22F2N4O/c25-18-5-6-19(21(26)12-18)24(31)30-11-1-2-17(14-30)22-20(15-7-9-27-10-8-15)13-28-23(29-22)16-3-4-16/h5-10,12-13,16-17H,1-4,11,14H2. The lowest BCUT2D eigenvalue weighted by Crippen LogP contribution is -2.40. The van der Waals surface area contributed by atoms with Crippen LogP contribution in [0.5, 0.6) is 0 Å². The molecule has 1 unspecified atom stereocenters. The van der Waals surface area contributed by atoms with E-state index in [1.165, 1.54) is 6.07 Å². The molecular weight excluding hydrogens is 398 g/mol. The molecule has 1 aliphatic carbocycles. The lowest BCUT2D eigenvalue weighted by molar-refractivity contribution is 0.0701. The fourth-order valence-corrected chi connectivity index (χ4v) is 4.23. The Kier molecular flexibility index (Phi) is 5.18. The second-order valence-electron chi connectivity index (χ2n) is 8.25. The predicted octanol–water partition coefficient (Wildman–Crippen LogP) is 4.71. The Morgan fingerprint density at radius 1 is 1.03 bits per heavy atom. The number of benzene rings is 1. The van der Waals surface area contributed by atoms with Crippen LogP contribution < -0.4 is 0 Å². The summed E-state index contributed by atoms with van der Waals surface area (Å²) < 4.78 is 27.5. The summed E-state index contributed by atoms with van der Waals surface area (Å²) in [6.45, 7) is 0.978. The molecular formula is C24H22F2N4O. The summed E-state index contributed by atoms with van der Waals surface area (Å²) in [5, 5.41) is 0. The topological polar surface area (TPSA) is 59.0 Å². The molecule has 2 aromatic heterocycles. The number of pyridine rings is 1. The van der Waals surface area contributed by atoms with E-state index in [0.29, 0.717) is 19.0 Å². The maximum absolute atomic E-state index is 14.2. The van der Waals surface area contributed by atoms with Crippen LogP contribution in [-0.2, 0) is 0 Å². The van der Waals surface area contributed by atoms with Gasteiger partial charge in [0, 0.05) is 55.1 Å². The van der Waals surface area contributed by atoms with E-state index in [1.807, 2.05) is 18.3 Å². The van der Waals surface area contributed by atoms with Crippen LogP contribution >= 0.6 is 0 Å². The number of nitrogens with zero attached hydrogens (tertiary/aromatic N) is 4. The molecule has 0 bridgehead atoms. The van der Waals surface area contributed by atoms with E-state index in [2.05, 4.69) is 9.97 Å². The van der Waals surface area contributed by atoms with Gasteiger partial charge >= 0.3 is 0 Å². The fourth-order valence-electron chi connectivity index (χ4n) is 4.23. The zero-order valence-electron chi connectivity index (χ0n) is 17.0. The van der Waals surface area contributed by atoms with Crippen molar-refractivity contribution in [3.63, 3.8) is 0 Å². The molecule has 3 aromatic rings. The van der Waals surface area contributed by atoms with E-state index in [1.54, 1.807) is 17.3 Å². The Balaban J connectivity index is 1.47. The minimum atomic E-state index is -0.831. The van der Waals surface area contributed by atoms with Crippen molar-refractivity contribution in [2.24, 2.45) is 0 Å². The molecule has 2 aliphatic rings. The number of likely N-dealkylation sites (tertiary alicyclic amines) is 1. The molecule has 7 heteroatoms. The minimum Gasteiger partial charge on any atom is -0.338 e. The lowest BCUT2D eigenvalue weighted by atomic mass is 9.89. The third-order valence-corrected chi connectivity index (χ3v) is 6.03. The van der Waals surface area contributed by atoms with Gasteiger partial charge in [-0.15, -0.1) is 0 Å². The number of carbonyl (C=O) groups is 1. The second-order valence-corrected chi connectivity index (χ2v) is 8.25. The van der Waals surface area contributed by atoms with Crippen molar-refractivity contribution in [2.75, 3.05) is 13.1 Å². The zero-order valence-corrected chi connectivity index (χ0v) is 17.0. The Labute approximate surface area is 179 Å². The molecule has 2 fully saturated rings. The van der Waals surface area contributed by atoms with Crippen LogP contribution in [0.3, 0.4) is 0 Å². The monoisotopic (exact) mass is 420 g/mol. The molecule has 1 aliphatic heterocycles. The van der Waals surface area contributed by atoms with Gasteiger partial charge in [-0.3, -0.25) is 9.78 Å². The largest absolute Gasteiger partial charge is 0.338 e. The number of carbonyl (C=O) groups excluding carboxylic acids is 1. The summed E-state index contributed by atoms with van der Waals surface area (Å²) in [6.07, 6.45) is 9.24. The fraction of sp³-hybridized carbons (Fsp3) is 0.333. The van der Waals surface area contributed by atoms with Gasteiger partial charge in [-0.05, 0) is 55.5 Å². The van der Waals surface area contributed by atoms with Gasteiger partial charge in [-0.1, -0.05) is 0 Å². The summed E-state index contributed by atoms with van der Waals surface area (Å²) in [6, 6.07) is 6.94. The van der Waals surface area contributed by atoms with Crippen LogP contribution in [0.4, 0.5) is 8.78 Å². The molecule has 1 amide bonds. The molecule has 5 rings (SSSR count). The molecule has 1 saturated carbocycles. The van der Waals surface area contributed by atoms with Crippen LogP contribution in [-0.4, -0.2) is 38.8 Å². The molecule has 0 N–H and O–H groups in total. The molecule has 1 aromatic carbocycles. The maximum atomic E-state index is 14.2. The first-order valence-corrected chi connectivity index (χ1v) is 10.6. The Bertz CT molecular complexity index is 1120. The lowest BCUT2D eigenvalue weighted by Gasteiger charge is -2.33. The first-order valence-electron chi connectivity index (χ1n) is 10.6. The van der Waals surface area contributed by atoms with Crippen LogP contribution in [0.15, 0.2) is 48.9 Å². The van der Waals surface area contributed by atoms with Gasteiger partial charge in [-0.25, -0.2) is 18.7 Å². The molecule has 3 heterocycles. The Hall–Kier alpha value is -3.22. The number of aromatic nitrogens is 3. The predicted molar refractivity (Wildman–Crippen MR) is 111 cm³/mol. The highest BCUT2D eigenvalue weighted by Crippen LogP contribution is 2.40. The highest BCUT2D eigenvalue weighted by Gasteiger charge is 2.32. The van der Waals surface area contributed by atoms with E-state index in [0.717, 1.165) is 60.5 Å². The van der Waals surface area contributed by atoms with Gasteiger partial charge in [-0.2, -0.15) is 0 Å². The van der Waals surface area contributed by atoms with Crippen molar-refractivity contribution in [1.82, 2.24) is 19.9 Å². The average Bonchev–Trinajstić information content (AvgIpc) is 3.65.